The molecule has 3 aromatic carbocycles. The summed E-state index contributed by atoms with van der Waals surface area (Å²) in [5, 5.41) is 10.8. The van der Waals surface area contributed by atoms with Crippen LogP contribution in [-0.2, 0) is 16.4 Å². The summed E-state index contributed by atoms with van der Waals surface area (Å²) in [5.41, 5.74) is 2.90. The second kappa shape index (κ2) is 10.9. The van der Waals surface area contributed by atoms with Crippen LogP contribution in [0.15, 0.2) is 89.8 Å². The van der Waals surface area contributed by atoms with E-state index >= 15 is 0 Å². The normalized spacial score (nSPS) is 14.8. The molecule has 170 valence electrons. The minimum absolute atomic E-state index is 0.195. The van der Waals surface area contributed by atoms with Gasteiger partial charge >= 0.3 is 0 Å². The van der Waals surface area contributed by atoms with E-state index < -0.39 is 16.1 Å². The summed E-state index contributed by atoms with van der Waals surface area (Å²) in [7, 11) is -1.77. The molecule has 0 saturated heterocycles. The quantitative estimate of drug-likeness (QED) is 0.489. The summed E-state index contributed by atoms with van der Waals surface area (Å²) < 4.78 is 29.0. The Labute approximate surface area is 191 Å². The zero-order valence-corrected chi connectivity index (χ0v) is 19.7. The van der Waals surface area contributed by atoms with Gasteiger partial charge in [0.15, 0.2) is 0 Å². The van der Waals surface area contributed by atoms with E-state index in [0.717, 1.165) is 16.7 Å². The zero-order chi connectivity index (χ0) is 23.1. The van der Waals surface area contributed by atoms with Gasteiger partial charge in [-0.1, -0.05) is 78.4 Å². The van der Waals surface area contributed by atoms with Crippen LogP contribution in [0.5, 0.6) is 0 Å². The van der Waals surface area contributed by atoms with Crippen molar-refractivity contribution >= 4 is 10.0 Å². The lowest BCUT2D eigenvalue weighted by Gasteiger charge is -2.32. The van der Waals surface area contributed by atoms with Crippen LogP contribution in [0.3, 0.4) is 0 Å². The number of likely N-dealkylation sites (N-methyl/N-ethyl adjacent to an activating group) is 1. The molecular weight excluding hydrogens is 420 g/mol. The maximum absolute atomic E-state index is 13.1. The molecule has 0 aliphatic carbocycles. The van der Waals surface area contributed by atoms with Gasteiger partial charge in [0.05, 0.1) is 11.0 Å². The Morgan fingerprint density at radius 3 is 2.06 bits per heavy atom. The number of hydrogen-bond acceptors (Lipinski definition) is 4. The molecule has 32 heavy (non-hydrogen) atoms. The molecule has 0 heterocycles. The van der Waals surface area contributed by atoms with Crippen molar-refractivity contribution in [2.24, 2.45) is 0 Å². The molecule has 6 heteroatoms. The molecule has 5 nitrogen and oxygen atoms in total. The highest BCUT2D eigenvalue weighted by Gasteiger charge is 2.26. The van der Waals surface area contributed by atoms with Gasteiger partial charge in [-0.25, -0.2) is 13.1 Å². The highest BCUT2D eigenvalue weighted by molar-refractivity contribution is 7.89. The van der Waals surface area contributed by atoms with Gasteiger partial charge in [0.25, 0.3) is 0 Å². The van der Waals surface area contributed by atoms with Gasteiger partial charge in [0.1, 0.15) is 0 Å². The van der Waals surface area contributed by atoms with Gasteiger partial charge in [-0.05, 0) is 50.6 Å². The summed E-state index contributed by atoms with van der Waals surface area (Å²) in [4.78, 5) is 2.25. The fourth-order valence-corrected chi connectivity index (χ4v) is 4.96. The molecule has 0 bridgehead atoms. The maximum Gasteiger partial charge on any atom is 0.240 e. The second-order valence-corrected chi connectivity index (χ2v) is 10.1. The number of aryl methyl sites for hydroxylation is 1. The number of nitrogens with zero attached hydrogens (tertiary/aromatic N) is 1. The van der Waals surface area contributed by atoms with Crippen LogP contribution in [0.4, 0.5) is 0 Å². The Bertz CT molecular complexity index is 1070. The maximum atomic E-state index is 13.1. The lowest BCUT2D eigenvalue weighted by molar-refractivity contribution is 0.0687. The van der Waals surface area contributed by atoms with Crippen LogP contribution >= 0.6 is 0 Å². The molecule has 0 unspecified atom stereocenters. The molecule has 3 rings (SSSR count). The van der Waals surface area contributed by atoms with Gasteiger partial charge in [-0.15, -0.1) is 0 Å². The van der Waals surface area contributed by atoms with E-state index in [4.69, 9.17) is 0 Å². The first-order valence-corrected chi connectivity index (χ1v) is 12.3. The van der Waals surface area contributed by atoms with E-state index in [1.807, 2.05) is 86.5 Å². The highest BCUT2D eigenvalue weighted by atomic mass is 32.2. The third kappa shape index (κ3) is 6.50. The van der Waals surface area contributed by atoms with Gasteiger partial charge in [-0.2, -0.15) is 0 Å². The Kier molecular flexibility index (Phi) is 8.21. The number of benzene rings is 3. The minimum Gasteiger partial charge on any atom is -0.387 e. The molecular formula is C26H32N2O3S. The van der Waals surface area contributed by atoms with Crippen LogP contribution < -0.4 is 4.72 Å². The number of hydrogen-bond donors (Lipinski definition) is 2. The summed E-state index contributed by atoms with van der Waals surface area (Å²) in [6.45, 7) is 4.33. The number of nitrogens with one attached hydrogen (secondary N) is 1. The van der Waals surface area contributed by atoms with Crippen molar-refractivity contribution in [3.8, 4) is 0 Å². The summed E-state index contributed by atoms with van der Waals surface area (Å²) in [6.07, 6.45) is -0.128. The summed E-state index contributed by atoms with van der Waals surface area (Å²) in [6, 6.07) is 25.6. The summed E-state index contributed by atoms with van der Waals surface area (Å²) in [5.74, 6) is 0. The fourth-order valence-electron chi connectivity index (χ4n) is 3.73. The zero-order valence-electron chi connectivity index (χ0n) is 18.8. The molecule has 0 saturated carbocycles. The van der Waals surface area contributed by atoms with Crippen LogP contribution in [0.25, 0.3) is 0 Å². The molecule has 0 spiro atoms. The van der Waals surface area contributed by atoms with Crippen molar-refractivity contribution in [3.05, 3.63) is 102 Å². The Morgan fingerprint density at radius 2 is 1.47 bits per heavy atom. The van der Waals surface area contributed by atoms with E-state index in [2.05, 4.69) is 4.72 Å². The van der Waals surface area contributed by atoms with Crippen molar-refractivity contribution in [1.82, 2.24) is 9.62 Å². The van der Waals surface area contributed by atoms with Gasteiger partial charge in [0, 0.05) is 18.6 Å². The first kappa shape index (κ1) is 24.1. The van der Waals surface area contributed by atoms with Crippen LogP contribution in [0.1, 0.15) is 29.7 Å². The average molecular weight is 453 g/mol. The molecule has 0 aliphatic rings. The predicted molar refractivity (Wildman–Crippen MR) is 129 cm³/mol. The van der Waals surface area contributed by atoms with Crippen molar-refractivity contribution in [3.63, 3.8) is 0 Å². The van der Waals surface area contributed by atoms with Crippen molar-refractivity contribution < 1.29 is 13.5 Å². The molecule has 0 radical (unpaired) electrons. The SMILES string of the molecule is Cc1ccc(S(=O)(=O)N[C@H](Cc2ccccc2)CN(C)[C@@H](C)[C@H](O)c2ccccc2)cc1. The first-order chi connectivity index (χ1) is 15.3. The Hall–Kier alpha value is -2.51. The fraction of sp³-hybridized carbons (Fsp3) is 0.308. The highest BCUT2D eigenvalue weighted by Crippen LogP contribution is 2.21. The molecule has 0 aliphatic heterocycles. The topological polar surface area (TPSA) is 69.6 Å². The third-order valence-electron chi connectivity index (χ3n) is 5.78. The van der Waals surface area contributed by atoms with Crippen LogP contribution in [0, 0.1) is 6.92 Å². The second-order valence-electron chi connectivity index (χ2n) is 8.36. The van der Waals surface area contributed by atoms with E-state index in [-0.39, 0.29) is 17.0 Å². The summed E-state index contributed by atoms with van der Waals surface area (Å²) >= 11 is 0. The van der Waals surface area contributed by atoms with Crippen LogP contribution in [-0.4, -0.2) is 44.1 Å². The smallest absolute Gasteiger partial charge is 0.240 e. The van der Waals surface area contributed by atoms with E-state index in [1.165, 1.54) is 0 Å². The molecule has 0 fully saturated rings. The Balaban J connectivity index is 1.78. The lowest BCUT2D eigenvalue weighted by atomic mass is 10.0. The molecule has 2 N–H and O–H groups in total. The number of sulfonamides is 1. The van der Waals surface area contributed by atoms with E-state index in [0.29, 0.717) is 13.0 Å². The van der Waals surface area contributed by atoms with E-state index in [9.17, 15) is 13.5 Å². The number of aliphatic hydroxyl groups is 1. The van der Waals surface area contributed by atoms with Crippen LogP contribution in [0.2, 0.25) is 0 Å². The molecule has 0 amide bonds. The van der Waals surface area contributed by atoms with E-state index in [1.54, 1.807) is 24.3 Å². The minimum atomic E-state index is -3.68. The molecule has 3 atom stereocenters. The first-order valence-electron chi connectivity index (χ1n) is 10.8. The van der Waals surface area contributed by atoms with Gasteiger partial charge in [-0.3, -0.25) is 4.90 Å². The van der Waals surface area contributed by atoms with Crippen molar-refractivity contribution in [2.45, 2.75) is 43.4 Å². The average Bonchev–Trinajstić information content (AvgIpc) is 2.79. The molecule has 0 aromatic heterocycles. The Morgan fingerprint density at radius 1 is 0.906 bits per heavy atom. The standard InChI is InChI=1S/C26H32N2O3S/c1-20-14-16-25(17-15-20)32(30,31)27-24(18-22-10-6-4-7-11-22)19-28(3)21(2)26(29)23-12-8-5-9-13-23/h4-17,21,24,26-27,29H,18-19H2,1-3H3/t21-,24+,26-/m0/s1. The third-order valence-corrected chi connectivity index (χ3v) is 7.32. The van der Waals surface area contributed by atoms with Crippen molar-refractivity contribution in [1.29, 1.82) is 0 Å². The van der Waals surface area contributed by atoms with Gasteiger partial charge < -0.3 is 5.11 Å². The lowest BCUT2D eigenvalue weighted by Crippen LogP contribution is -2.47. The predicted octanol–water partition coefficient (Wildman–Crippen LogP) is 3.94. The van der Waals surface area contributed by atoms with Crippen molar-refractivity contribution in [2.75, 3.05) is 13.6 Å². The molecule has 3 aromatic rings. The largest absolute Gasteiger partial charge is 0.387 e. The van der Waals surface area contributed by atoms with Gasteiger partial charge in [0.2, 0.25) is 10.0 Å². The number of aliphatic hydroxyl groups excluding tert-OH is 1. The number of rotatable bonds is 10. The monoisotopic (exact) mass is 452 g/mol.